The summed E-state index contributed by atoms with van der Waals surface area (Å²) in [6, 6.07) is 15.6. The average molecular weight is 321 g/mol. The lowest BCUT2D eigenvalue weighted by Gasteiger charge is -2.21. The Balaban J connectivity index is 1.52. The second-order valence-corrected chi connectivity index (χ2v) is 6.06. The summed E-state index contributed by atoms with van der Waals surface area (Å²) in [4.78, 5) is 14.8. The normalized spacial score (nSPS) is 14.2. The van der Waals surface area contributed by atoms with Crippen LogP contribution in [0.15, 0.2) is 53.1 Å². The van der Waals surface area contributed by atoms with Crippen molar-refractivity contribution in [3.63, 3.8) is 0 Å². The van der Waals surface area contributed by atoms with Crippen molar-refractivity contribution in [2.24, 2.45) is 0 Å². The molecule has 1 aliphatic rings. The third kappa shape index (κ3) is 2.85. The summed E-state index contributed by atoms with van der Waals surface area (Å²) in [6.45, 7) is 2.08. The number of rotatable bonds is 4. The van der Waals surface area contributed by atoms with Crippen LogP contribution in [0.5, 0.6) is 0 Å². The van der Waals surface area contributed by atoms with Gasteiger partial charge >= 0.3 is 0 Å². The zero-order valence-corrected chi connectivity index (χ0v) is 13.4. The fourth-order valence-electron chi connectivity index (χ4n) is 3.23. The van der Waals surface area contributed by atoms with Crippen LogP contribution in [0.3, 0.4) is 0 Å². The van der Waals surface area contributed by atoms with Gasteiger partial charge in [-0.05, 0) is 37.1 Å². The number of aromatic nitrogens is 1. The number of hydrogen-bond acceptors (Lipinski definition) is 4. The summed E-state index contributed by atoms with van der Waals surface area (Å²) in [7, 11) is 0. The zero-order valence-electron chi connectivity index (χ0n) is 13.4. The molecule has 0 aliphatic carbocycles. The van der Waals surface area contributed by atoms with Gasteiger partial charge in [-0.1, -0.05) is 29.4 Å². The topological polar surface area (TPSA) is 58.4 Å². The standard InChI is InChI=1S/C19H19N3O2/c23-19(13-16-14-7-1-4-10-18(14)24-21-16)20-15-8-2-3-9-17(15)22-11-5-6-12-22/h1-4,7-10H,5-6,11-13H2,(H,20,23). The number of anilines is 2. The van der Waals surface area contributed by atoms with E-state index < -0.39 is 0 Å². The summed E-state index contributed by atoms with van der Waals surface area (Å²) in [5.41, 5.74) is 3.32. The van der Waals surface area contributed by atoms with Crippen molar-refractivity contribution in [3.05, 3.63) is 54.2 Å². The minimum absolute atomic E-state index is 0.0827. The molecule has 1 fully saturated rings. The maximum absolute atomic E-state index is 12.5. The Kier molecular flexibility index (Phi) is 3.91. The first-order valence-corrected chi connectivity index (χ1v) is 8.28. The number of nitrogens with zero attached hydrogens (tertiary/aromatic N) is 2. The van der Waals surface area contributed by atoms with Crippen molar-refractivity contribution in [2.75, 3.05) is 23.3 Å². The Morgan fingerprint density at radius 3 is 2.71 bits per heavy atom. The summed E-state index contributed by atoms with van der Waals surface area (Å²) in [6.07, 6.45) is 2.60. The van der Waals surface area contributed by atoms with Crippen LogP contribution in [0, 0.1) is 0 Å². The van der Waals surface area contributed by atoms with Crippen LogP contribution in [0.2, 0.25) is 0 Å². The van der Waals surface area contributed by atoms with Crippen molar-refractivity contribution < 1.29 is 9.32 Å². The molecule has 122 valence electrons. The van der Waals surface area contributed by atoms with E-state index in [1.54, 1.807) is 0 Å². The SMILES string of the molecule is O=C(Cc1noc2ccccc12)Nc1ccccc1N1CCCC1. The first-order chi connectivity index (χ1) is 11.8. The third-order valence-electron chi connectivity index (χ3n) is 4.41. The lowest BCUT2D eigenvalue weighted by atomic mass is 10.1. The van der Waals surface area contributed by atoms with Gasteiger partial charge in [-0.2, -0.15) is 0 Å². The Bertz CT molecular complexity index is 866. The highest BCUT2D eigenvalue weighted by Crippen LogP contribution is 2.29. The van der Waals surface area contributed by atoms with Crippen molar-refractivity contribution in [3.8, 4) is 0 Å². The average Bonchev–Trinajstić information content (AvgIpc) is 3.26. The van der Waals surface area contributed by atoms with Gasteiger partial charge in [0, 0.05) is 18.5 Å². The molecular formula is C19H19N3O2. The fourth-order valence-corrected chi connectivity index (χ4v) is 3.23. The van der Waals surface area contributed by atoms with Crippen LogP contribution >= 0.6 is 0 Å². The van der Waals surface area contributed by atoms with E-state index in [4.69, 9.17) is 4.52 Å². The molecule has 4 rings (SSSR count). The van der Waals surface area contributed by atoms with Crippen LogP contribution in [0.4, 0.5) is 11.4 Å². The van der Waals surface area contributed by atoms with Gasteiger partial charge in [0.1, 0.15) is 5.69 Å². The predicted molar refractivity (Wildman–Crippen MR) is 94.2 cm³/mol. The highest BCUT2D eigenvalue weighted by Gasteiger charge is 2.17. The number of benzene rings is 2. The molecule has 0 atom stereocenters. The number of para-hydroxylation sites is 3. The lowest BCUT2D eigenvalue weighted by Crippen LogP contribution is -2.21. The van der Waals surface area contributed by atoms with Crippen molar-refractivity contribution in [1.29, 1.82) is 0 Å². The Morgan fingerprint density at radius 1 is 1.08 bits per heavy atom. The lowest BCUT2D eigenvalue weighted by molar-refractivity contribution is -0.115. The minimum Gasteiger partial charge on any atom is -0.370 e. The molecule has 1 amide bonds. The quantitative estimate of drug-likeness (QED) is 0.797. The number of hydrogen-bond donors (Lipinski definition) is 1. The number of carbonyl (C=O) groups is 1. The number of nitrogens with one attached hydrogen (secondary N) is 1. The molecule has 0 radical (unpaired) electrons. The largest absolute Gasteiger partial charge is 0.370 e. The highest BCUT2D eigenvalue weighted by atomic mass is 16.5. The molecule has 2 heterocycles. The van der Waals surface area contributed by atoms with E-state index in [0.29, 0.717) is 11.3 Å². The van der Waals surface area contributed by atoms with Gasteiger partial charge in [-0.3, -0.25) is 4.79 Å². The van der Waals surface area contributed by atoms with Crippen LogP contribution in [0.25, 0.3) is 11.0 Å². The summed E-state index contributed by atoms with van der Waals surface area (Å²) in [5, 5.41) is 7.95. The van der Waals surface area contributed by atoms with E-state index in [9.17, 15) is 4.79 Å². The number of carbonyl (C=O) groups excluding carboxylic acids is 1. The third-order valence-corrected chi connectivity index (χ3v) is 4.41. The molecule has 1 aromatic heterocycles. The van der Waals surface area contributed by atoms with E-state index in [1.807, 2.05) is 42.5 Å². The molecule has 1 saturated heterocycles. The molecular weight excluding hydrogens is 302 g/mol. The summed E-state index contributed by atoms with van der Waals surface area (Å²) < 4.78 is 5.27. The second-order valence-electron chi connectivity index (χ2n) is 6.06. The molecule has 0 spiro atoms. The Hall–Kier alpha value is -2.82. The van der Waals surface area contributed by atoms with E-state index in [1.165, 1.54) is 12.8 Å². The maximum Gasteiger partial charge on any atom is 0.230 e. The molecule has 0 bridgehead atoms. The second kappa shape index (κ2) is 6.35. The van der Waals surface area contributed by atoms with Gasteiger partial charge < -0.3 is 14.7 Å². The van der Waals surface area contributed by atoms with E-state index in [0.717, 1.165) is 29.9 Å². The van der Waals surface area contributed by atoms with Crippen LogP contribution in [-0.4, -0.2) is 24.2 Å². The van der Waals surface area contributed by atoms with Gasteiger partial charge in [0.05, 0.1) is 17.8 Å². The zero-order chi connectivity index (χ0) is 16.4. The first-order valence-electron chi connectivity index (χ1n) is 8.28. The first kappa shape index (κ1) is 14.8. The molecule has 1 aliphatic heterocycles. The van der Waals surface area contributed by atoms with Crippen molar-refractivity contribution in [1.82, 2.24) is 5.16 Å². The van der Waals surface area contributed by atoms with E-state index >= 15 is 0 Å². The minimum atomic E-state index is -0.0827. The van der Waals surface area contributed by atoms with Gasteiger partial charge in [0.2, 0.25) is 5.91 Å². The highest BCUT2D eigenvalue weighted by molar-refractivity contribution is 5.97. The van der Waals surface area contributed by atoms with Crippen molar-refractivity contribution >= 4 is 28.3 Å². The molecule has 2 aromatic carbocycles. The van der Waals surface area contributed by atoms with Crippen LogP contribution in [0.1, 0.15) is 18.5 Å². The molecule has 0 saturated carbocycles. The Labute approximate surface area is 140 Å². The van der Waals surface area contributed by atoms with Gasteiger partial charge in [0.15, 0.2) is 5.58 Å². The fraction of sp³-hybridized carbons (Fsp3) is 0.263. The molecule has 3 aromatic rings. The van der Waals surface area contributed by atoms with Gasteiger partial charge in [0.25, 0.3) is 0 Å². The Morgan fingerprint density at radius 2 is 1.83 bits per heavy atom. The predicted octanol–water partition coefficient (Wildman–Crippen LogP) is 3.61. The van der Waals surface area contributed by atoms with Crippen LogP contribution in [-0.2, 0) is 11.2 Å². The van der Waals surface area contributed by atoms with Gasteiger partial charge in [-0.25, -0.2) is 0 Å². The van der Waals surface area contributed by atoms with Crippen LogP contribution < -0.4 is 10.2 Å². The van der Waals surface area contributed by atoms with E-state index in [2.05, 4.69) is 21.4 Å². The molecule has 24 heavy (non-hydrogen) atoms. The number of fused-ring (bicyclic) bond motifs is 1. The number of amides is 1. The molecule has 0 unspecified atom stereocenters. The molecule has 1 N–H and O–H groups in total. The maximum atomic E-state index is 12.5. The van der Waals surface area contributed by atoms with E-state index in [-0.39, 0.29) is 12.3 Å². The summed E-state index contributed by atoms with van der Waals surface area (Å²) >= 11 is 0. The van der Waals surface area contributed by atoms with Crippen molar-refractivity contribution in [2.45, 2.75) is 19.3 Å². The molecule has 5 nitrogen and oxygen atoms in total. The molecule has 5 heteroatoms. The monoisotopic (exact) mass is 321 g/mol. The summed E-state index contributed by atoms with van der Waals surface area (Å²) in [5.74, 6) is -0.0827. The van der Waals surface area contributed by atoms with Gasteiger partial charge in [-0.15, -0.1) is 0 Å². The smallest absolute Gasteiger partial charge is 0.230 e.